The fourth-order valence-electron chi connectivity index (χ4n) is 2.90. The van der Waals surface area contributed by atoms with Crippen molar-refractivity contribution in [2.75, 3.05) is 5.32 Å². The lowest BCUT2D eigenvalue weighted by Crippen LogP contribution is -2.25. The minimum Gasteiger partial charge on any atom is -0.457 e. The van der Waals surface area contributed by atoms with Crippen LogP contribution < -0.4 is 10.1 Å². The highest BCUT2D eigenvalue weighted by atomic mass is 16.5. The summed E-state index contributed by atoms with van der Waals surface area (Å²) in [5.41, 5.74) is 1.16. The molecule has 2 aromatic rings. The number of anilines is 1. The molecule has 0 heterocycles. The summed E-state index contributed by atoms with van der Waals surface area (Å²) in [5, 5.41) is 3.64. The molecule has 2 heteroatoms. The zero-order valence-corrected chi connectivity index (χ0v) is 14.6. The lowest BCUT2D eigenvalue weighted by molar-refractivity contribution is 0.406. The molecule has 0 amide bonds. The van der Waals surface area contributed by atoms with Crippen molar-refractivity contribution in [2.24, 2.45) is 5.92 Å². The first-order chi connectivity index (χ1) is 11.2. The van der Waals surface area contributed by atoms with Gasteiger partial charge in [0.05, 0.1) is 0 Å². The van der Waals surface area contributed by atoms with Crippen molar-refractivity contribution in [2.45, 2.75) is 52.5 Å². The van der Waals surface area contributed by atoms with Gasteiger partial charge in [0.15, 0.2) is 0 Å². The number of nitrogens with one attached hydrogen (secondary N) is 1. The second-order valence-electron chi connectivity index (χ2n) is 6.18. The molecule has 0 fully saturated rings. The molecule has 0 aliphatic carbocycles. The Labute approximate surface area is 140 Å². The van der Waals surface area contributed by atoms with Crippen molar-refractivity contribution in [3.05, 3.63) is 54.6 Å². The molecule has 0 radical (unpaired) electrons. The molecule has 2 rings (SSSR count). The topological polar surface area (TPSA) is 21.3 Å². The van der Waals surface area contributed by atoms with E-state index in [1.165, 1.54) is 25.7 Å². The van der Waals surface area contributed by atoms with Crippen LogP contribution in [0, 0.1) is 5.92 Å². The van der Waals surface area contributed by atoms with E-state index < -0.39 is 0 Å². The van der Waals surface area contributed by atoms with Gasteiger partial charge < -0.3 is 10.1 Å². The highest BCUT2D eigenvalue weighted by molar-refractivity contribution is 5.47. The van der Waals surface area contributed by atoms with Crippen LogP contribution in [0.4, 0.5) is 5.69 Å². The van der Waals surface area contributed by atoms with E-state index in [-0.39, 0.29) is 0 Å². The van der Waals surface area contributed by atoms with Crippen molar-refractivity contribution < 1.29 is 4.74 Å². The number of unbranched alkanes of at least 4 members (excludes halogenated alkanes) is 1. The first kappa shape index (κ1) is 17.4. The Balaban J connectivity index is 1.91. The lowest BCUT2D eigenvalue weighted by Gasteiger charge is -2.25. The van der Waals surface area contributed by atoms with Crippen LogP contribution in [0.1, 0.15) is 46.5 Å². The third-order valence-corrected chi connectivity index (χ3v) is 4.39. The van der Waals surface area contributed by atoms with Crippen LogP contribution in [-0.4, -0.2) is 6.04 Å². The minimum absolute atomic E-state index is 0.493. The van der Waals surface area contributed by atoms with Crippen LogP contribution >= 0.6 is 0 Å². The zero-order chi connectivity index (χ0) is 16.5. The van der Waals surface area contributed by atoms with Crippen molar-refractivity contribution in [1.82, 2.24) is 0 Å². The van der Waals surface area contributed by atoms with E-state index in [1.807, 2.05) is 42.5 Å². The summed E-state index contributed by atoms with van der Waals surface area (Å²) in [6.45, 7) is 6.84. The summed E-state index contributed by atoms with van der Waals surface area (Å²) in [4.78, 5) is 0. The molecule has 2 unspecified atom stereocenters. The first-order valence-corrected chi connectivity index (χ1v) is 8.82. The van der Waals surface area contributed by atoms with Gasteiger partial charge in [-0.2, -0.15) is 0 Å². The average Bonchev–Trinajstić information content (AvgIpc) is 2.58. The summed E-state index contributed by atoms with van der Waals surface area (Å²) in [6, 6.07) is 18.6. The van der Waals surface area contributed by atoms with Gasteiger partial charge in [-0.05, 0) is 55.7 Å². The molecule has 23 heavy (non-hydrogen) atoms. The van der Waals surface area contributed by atoms with E-state index >= 15 is 0 Å². The molecule has 1 N–H and O–H groups in total. The molecule has 2 aromatic carbocycles. The van der Waals surface area contributed by atoms with Gasteiger partial charge in [0.2, 0.25) is 0 Å². The second kappa shape index (κ2) is 9.24. The first-order valence-electron chi connectivity index (χ1n) is 8.82. The van der Waals surface area contributed by atoms with Crippen LogP contribution in [0.25, 0.3) is 0 Å². The fourth-order valence-corrected chi connectivity index (χ4v) is 2.90. The average molecular weight is 311 g/mol. The Morgan fingerprint density at radius 1 is 0.913 bits per heavy atom. The predicted molar refractivity (Wildman–Crippen MR) is 99.3 cm³/mol. The number of rotatable bonds is 9. The summed E-state index contributed by atoms with van der Waals surface area (Å²) in [7, 11) is 0. The van der Waals surface area contributed by atoms with Gasteiger partial charge in [-0.15, -0.1) is 0 Å². The quantitative estimate of drug-likeness (QED) is 0.571. The van der Waals surface area contributed by atoms with Gasteiger partial charge in [-0.1, -0.05) is 51.3 Å². The summed E-state index contributed by atoms with van der Waals surface area (Å²) in [6.07, 6.45) is 5.11. The van der Waals surface area contributed by atoms with E-state index in [4.69, 9.17) is 4.74 Å². The Hall–Kier alpha value is -1.96. The van der Waals surface area contributed by atoms with Crippen LogP contribution in [0.15, 0.2) is 54.6 Å². The highest BCUT2D eigenvalue weighted by Crippen LogP contribution is 2.25. The molecule has 0 bridgehead atoms. The maximum Gasteiger partial charge on any atom is 0.127 e. The molecule has 0 saturated carbocycles. The molecule has 124 valence electrons. The third-order valence-electron chi connectivity index (χ3n) is 4.39. The van der Waals surface area contributed by atoms with Crippen molar-refractivity contribution >= 4 is 5.69 Å². The number of para-hydroxylation sites is 1. The van der Waals surface area contributed by atoms with Gasteiger partial charge in [-0.3, -0.25) is 0 Å². The predicted octanol–water partition coefficient (Wildman–Crippen LogP) is 6.50. The molecular weight excluding hydrogens is 282 g/mol. The Morgan fingerprint density at radius 3 is 2.17 bits per heavy atom. The number of benzene rings is 2. The summed E-state index contributed by atoms with van der Waals surface area (Å²) in [5.74, 6) is 2.47. The number of ether oxygens (including phenoxy) is 1. The SMILES string of the molecule is CCCCC(CC)C(C)Nc1ccc(Oc2ccccc2)cc1. The van der Waals surface area contributed by atoms with E-state index in [1.54, 1.807) is 0 Å². The van der Waals surface area contributed by atoms with Gasteiger partial charge >= 0.3 is 0 Å². The van der Waals surface area contributed by atoms with Crippen LogP contribution in [0.5, 0.6) is 11.5 Å². The van der Waals surface area contributed by atoms with Crippen molar-refractivity contribution in [3.63, 3.8) is 0 Å². The van der Waals surface area contributed by atoms with E-state index in [9.17, 15) is 0 Å². The molecule has 0 aliphatic heterocycles. The van der Waals surface area contributed by atoms with E-state index in [0.717, 1.165) is 23.1 Å². The Morgan fingerprint density at radius 2 is 1.57 bits per heavy atom. The Bertz CT molecular complexity index is 550. The third kappa shape index (κ3) is 5.63. The largest absolute Gasteiger partial charge is 0.457 e. The molecule has 0 spiro atoms. The zero-order valence-electron chi connectivity index (χ0n) is 14.6. The Kier molecular flexibility index (Phi) is 6.99. The number of hydrogen-bond donors (Lipinski definition) is 1. The van der Waals surface area contributed by atoms with Gasteiger partial charge in [0.25, 0.3) is 0 Å². The molecule has 0 aromatic heterocycles. The molecule has 2 nitrogen and oxygen atoms in total. The fraction of sp³-hybridized carbons (Fsp3) is 0.429. The molecule has 0 saturated heterocycles. The van der Waals surface area contributed by atoms with Crippen molar-refractivity contribution in [3.8, 4) is 11.5 Å². The van der Waals surface area contributed by atoms with E-state index in [0.29, 0.717) is 6.04 Å². The molecular formula is C21H29NO. The standard InChI is InChI=1S/C21H29NO/c1-4-6-10-18(5-2)17(3)22-19-13-15-21(16-14-19)23-20-11-8-7-9-12-20/h7-9,11-18,22H,4-6,10H2,1-3H3. The summed E-state index contributed by atoms with van der Waals surface area (Å²) < 4.78 is 5.83. The minimum atomic E-state index is 0.493. The normalized spacial score (nSPS) is 13.3. The molecule has 2 atom stereocenters. The maximum absolute atomic E-state index is 5.83. The van der Waals surface area contributed by atoms with Gasteiger partial charge in [0.1, 0.15) is 11.5 Å². The smallest absolute Gasteiger partial charge is 0.127 e. The highest BCUT2D eigenvalue weighted by Gasteiger charge is 2.14. The molecule has 0 aliphatic rings. The van der Waals surface area contributed by atoms with Crippen LogP contribution in [-0.2, 0) is 0 Å². The van der Waals surface area contributed by atoms with Crippen LogP contribution in [0.3, 0.4) is 0 Å². The lowest BCUT2D eigenvalue weighted by atomic mass is 9.92. The van der Waals surface area contributed by atoms with E-state index in [2.05, 4.69) is 38.2 Å². The van der Waals surface area contributed by atoms with Gasteiger partial charge in [0, 0.05) is 11.7 Å². The second-order valence-corrected chi connectivity index (χ2v) is 6.18. The summed E-state index contributed by atoms with van der Waals surface area (Å²) >= 11 is 0. The van der Waals surface area contributed by atoms with Crippen LogP contribution in [0.2, 0.25) is 0 Å². The number of hydrogen-bond acceptors (Lipinski definition) is 2. The van der Waals surface area contributed by atoms with Gasteiger partial charge in [-0.25, -0.2) is 0 Å². The monoisotopic (exact) mass is 311 g/mol. The van der Waals surface area contributed by atoms with Crippen molar-refractivity contribution in [1.29, 1.82) is 0 Å². The maximum atomic E-state index is 5.83.